The zero-order valence-electron chi connectivity index (χ0n) is 14.8. The molecular formula is C19H26N4OS. The average molecular weight is 359 g/mol. The molecule has 134 valence electrons. The lowest BCUT2D eigenvalue weighted by molar-refractivity contribution is 0.122. The van der Waals surface area contributed by atoms with Gasteiger partial charge < -0.3 is 4.52 Å². The molecule has 0 saturated carbocycles. The van der Waals surface area contributed by atoms with Crippen molar-refractivity contribution in [3.8, 4) is 0 Å². The standard InChI is InChI=1S/C19H26N4OS/c1-25-14-18-20-19(24-21-18)13-22-9-16-7-8-17(12-22)23(11-16)10-15-5-3-2-4-6-15/h2-6,16-17H,7-14H2,1H3. The van der Waals surface area contributed by atoms with Crippen LogP contribution in [0.25, 0.3) is 0 Å². The van der Waals surface area contributed by atoms with E-state index in [0.29, 0.717) is 6.04 Å². The van der Waals surface area contributed by atoms with E-state index in [2.05, 4.69) is 56.5 Å². The smallest absolute Gasteiger partial charge is 0.240 e. The third-order valence-corrected chi connectivity index (χ3v) is 5.82. The maximum absolute atomic E-state index is 5.44. The maximum atomic E-state index is 5.44. The van der Waals surface area contributed by atoms with E-state index < -0.39 is 0 Å². The van der Waals surface area contributed by atoms with Gasteiger partial charge in [0.2, 0.25) is 5.89 Å². The predicted molar refractivity (Wildman–Crippen MR) is 100 cm³/mol. The summed E-state index contributed by atoms with van der Waals surface area (Å²) in [7, 11) is 0. The Bertz CT molecular complexity index is 677. The largest absolute Gasteiger partial charge is 0.338 e. The van der Waals surface area contributed by atoms with Gasteiger partial charge in [-0.3, -0.25) is 9.80 Å². The van der Waals surface area contributed by atoms with Crippen LogP contribution in [0.5, 0.6) is 0 Å². The van der Waals surface area contributed by atoms with Gasteiger partial charge in [-0.05, 0) is 30.6 Å². The van der Waals surface area contributed by atoms with Gasteiger partial charge in [-0.2, -0.15) is 16.7 Å². The van der Waals surface area contributed by atoms with E-state index in [1.165, 1.54) is 24.9 Å². The normalized spacial score (nSPS) is 24.5. The van der Waals surface area contributed by atoms with E-state index in [1.54, 1.807) is 11.8 Å². The minimum absolute atomic E-state index is 0.632. The number of thioether (sulfide) groups is 1. The molecule has 3 aliphatic heterocycles. The number of nitrogens with zero attached hydrogens (tertiary/aromatic N) is 4. The minimum atomic E-state index is 0.632. The number of benzene rings is 1. The van der Waals surface area contributed by atoms with Gasteiger partial charge in [0.25, 0.3) is 0 Å². The first kappa shape index (κ1) is 17.1. The Labute approximate surface area is 153 Å². The van der Waals surface area contributed by atoms with E-state index in [1.807, 2.05) is 0 Å². The summed E-state index contributed by atoms with van der Waals surface area (Å²) in [6.45, 7) is 5.30. The Morgan fingerprint density at radius 2 is 2.00 bits per heavy atom. The fourth-order valence-corrected chi connectivity index (χ4v) is 4.53. The monoisotopic (exact) mass is 358 g/mol. The second kappa shape index (κ2) is 7.89. The first-order valence-electron chi connectivity index (χ1n) is 9.11. The van der Waals surface area contributed by atoms with Crippen LogP contribution in [0, 0.1) is 5.92 Å². The first-order valence-corrected chi connectivity index (χ1v) is 10.5. The van der Waals surface area contributed by atoms with Gasteiger partial charge in [0.15, 0.2) is 5.82 Å². The summed E-state index contributed by atoms with van der Waals surface area (Å²) in [5.41, 5.74) is 1.42. The SMILES string of the molecule is CSCc1noc(CN2CC3CCC(C2)N(Cc2ccccc2)C3)n1. The highest BCUT2D eigenvalue weighted by Gasteiger charge is 2.35. The molecule has 5 nitrogen and oxygen atoms in total. The van der Waals surface area contributed by atoms with E-state index in [-0.39, 0.29) is 0 Å². The summed E-state index contributed by atoms with van der Waals surface area (Å²) in [6, 6.07) is 11.5. The quantitative estimate of drug-likeness (QED) is 0.791. The van der Waals surface area contributed by atoms with E-state index in [0.717, 1.165) is 49.6 Å². The van der Waals surface area contributed by atoms with Crippen LogP contribution in [0.3, 0.4) is 0 Å². The Kier molecular flexibility index (Phi) is 5.39. The summed E-state index contributed by atoms with van der Waals surface area (Å²) in [5, 5.41) is 4.08. The Hall–Kier alpha value is -1.37. The third kappa shape index (κ3) is 4.25. The molecule has 0 N–H and O–H groups in total. The maximum Gasteiger partial charge on any atom is 0.240 e. The van der Waals surface area contributed by atoms with Crippen LogP contribution in [0.15, 0.2) is 34.9 Å². The summed E-state index contributed by atoms with van der Waals surface area (Å²) in [6.07, 6.45) is 4.70. The van der Waals surface area contributed by atoms with Crippen LogP contribution in [0.1, 0.15) is 30.1 Å². The molecule has 1 aromatic heterocycles. The highest BCUT2D eigenvalue weighted by molar-refractivity contribution is 7.97. The number of rotatable bonds is 6. The topological polar surface area (TPSA) is 45.4 Å². The van der Waals surface area contributed by atoms with Gasteiger partial charge in [0.05, 0.1) is 12.3 Å². The molecule has 0 aliphatic carbocycles. The Morgan fingerprint density at radius 3 is 2.84 bits per heavy atom. The van der Waals surface area contributed by atoms with E-state index >= 15 is 0 Å². The molecule has 5 rings (SSSR count). The highest BCUT2D eigenvalue weighted by atomic mass is 32.2. The molecule has 3 aliphatic rings. The van der Waals surface area contributed by atoms with Crippen LogP contribution in [0.4, 0.5) is 0 Å². The molecule has 0 spiro atoms. The first-order chi connectivity index (χ1) is 12.3. The van der Waals surface area contributed by atoms with Crippen molar-refractivity contribution in [2.75, 3.05) is 25.9 Å². The number of fused-ring (bicyclic) bond motifs is 4. The van der Waals surface area contributed by atoms with Gasteiger partial charge in [-0.1, -0.05) is 35.5 Å². The number of hydrogen-bond acceptors (Lipinski definition) is 6. The van der Waals surface area contributed by atoms with Crippen molar-refractivity contribution in [2.45, 2.75) is 37.7 Å². The molecule has 1 aromatic carbocycles. The highest BCUT2D eigenvalue weighted by Crippen LogP contribution is 2.29. The second-order valence-corrected chi connectivity index (χ2v) is 8.11. The van der Waals surface area contributed by atoms with Crippen molar-refractivity contribution < 1.29 is 4.52 Å². The van der Waals surface area contributed by atoms with Crippen molar-refractivity contribution in [1.82, 2.24) is 19.9 Å². The lowest BCUT2D eigenvalue weighted by Crippen LogP contribution is -2.43. The van der Waals surface area contributed by atoms with Crippen molar-refractivity contribution in [2.24, 2.45) is 5.92 Å². The molecule has 3 saturated heterocycles. The fourth-order valence-electron chi connectivity index (χ4n) is 4.15. The Morgan fingerprint density at radius 1 is 1.12 bits per heavy atom. The van der Waals surface area contributed by atoms with Crippen molar-refractivity contribution in [3.05, 3.63) is 47.6 Å². The fraction of sp³-hybridized carbons (Fsp3) is 0.579. The second-order valence-electron chi connectivity index (χ2n) is 7.24. The molecule has 25 heavy (non-hydrogen) atoms. The molecule has 0 radical (unpaired) electrons. The van der Waals surface area contributed by atoms with Gasteiger partial charge in [-0.25, -0.2) is 0 Å². The molecule has 2 bridgehead atoms. The summed E-state index contributed by atoms with van der Waals surface area (Å²) in [5.74, 6) is 3.14. The Balaban J connectivity index is 1.40. The van der Waals surface area contributed by atoms with Gasteiger partial charge in [-0.15, -0.1) is 0 Å². The molecular weight excluding hydrogens is 332 g/mol. The zero-order chi connectivity index (χ0) is 17.1. The zero-order valence-corrected chi connectivity index (χ0v) is 15.6. The van der Waals surface area contributed by atoms with Crippen molar-refractivity contribution in [1.29, 1.82) is 0 Å². The molecule has 2 unspecified atom stereocenters. The average Bonchev–Trinajstić information content (AvgIpc) is 2.87. The molecule has 6 heteroatoms. The molecule has 2 aromatic rings. The summed E-state index contributed by atoms with van der Waals surface area (Å²) in [4.78, 5) is 9.72. The van der Waals surface area contributed by atoms with Crippen molar-refractivity contribution in [3.63, 3.8) is 0 Å². The van der Waals surface area contributed by atoms with Crippen LogP contribution in [-0.2, 0) is 18.8 Å². The number of aromatic nitrogens is 2. The molecule has 2 atom stereocenters. The van der Waals surface area contributed by atoms with E-state index in [9.17, 15) is 0 Å². The number of hydrogen-bond donors (Lipinski definition) is 0. The molecule has 0 amide bonds. The van der Waals surface area contributed by atoms with Crippen LogP contribution >= 0.6 is 11.8 Å². The van der Waals surface area contributed by atoms with Crippen LogP contribution in [0.2, 0.25) is 0 Å². The van der Waals surface area contributed by atoms with Crippen LogP contribution < -0.4 is 0 Å². The predicted octanol–water partition coefficient (Wildman–Crippen LogP) is 3.03. The molecule has 3 fully saturated rings. The van der Waals surface area contributed by atoms with Gasteiger partial charge in [0.1, 0.15) is 0 Å². The van der Waals surface area contributed by atoms with Gasteiger partial charge in [0, 0.05) is 32.2 Å². The lowest BCUT2D eigenvalue weighted by Gasteiger charge is -2.36. The number of piperidine rings is 1. The minimum Gasteiger partial charge on any atom is -0.338 e. The van der Waals surface area contributed by atoms with Crippen molar-refractivity contribution >= 4 is 11.8 Å². The third-order valence-electron chi connectivity index (χ3n) is 5.27. The molecule has 4 heterocycles. The summed E-state index contributed by atoms with van der Waals surface area (Å²) >= 11 is 1.72. The van der Waals surface area contributed by atoms with Crippen LogP contribution in [-0.4, -0.2) is 51.9 Å². The lowest BCUT2D eigenvalue weighted by atomic mass is 9.94. The van der Waals surface area contributed by atoms with E-state index in [4.69, 9.17) is 4.52 Å². The summed E-state index contributed by atoms with van der Waals surface area (Å²) < 4.78 is 5.44. The van der Waals surface area contributed by atoms with Gasteiger partial charge >= 0.3 is 0 Å².